The molecule has 0 radical (unpaired) electrons. The van der Waals surface area contributed by atoms with Crippen molar-refractivity contribution in [3.8, 4) is 0 Å². The molecule has 0 atom stereocenters. The van der Waals surface area contributed by atoms with E-state index in [4.69, 9.17) is 5.73 Å². The highest BCUT2D eigenvalue weighted by Gasteiger charge is 2.22. The third kappa shape index (κ3) is 2.77. The molecule has 2 heterocycles. The molecule has 6 nitrogen and oxygen atoms in total. The fourth-order valence-corrected chi connectivity index (χ4v) is 2.15. The normalized spacial score (nSPS) is 16.6. The molecule has 18 heavy (non-hydrogen) atoms. The van der Waals surface area contributed by atoms with Crippen molar-refractivity contribution in [3.05, 3.63) is 51.7 Å². The third-order valence-electron chi connectivity index (χ3n) is 3.07. The molecular formula is C12H16N4O2. The van der Waals surface area contributed by atoms with Gasteiger partial charge in [0.15, 0.2) is 0 Å². The van der Waals surface area contributed by atoms with Crippen LogP contribution in [0.5, 0.6) is 0 Å². The number of likely N-dealkylation sites (tertiary alicyclic amines) is 1. The molecule has 1 aromatic rings. The smallest absolute Gasteiger partial charge is 0.333 e. The van der Waals surface area contributed by atoms with E-state index in [9.17, 15) is 10.1 Å². The van der Waals surface area contributed by atoms with Gasteiger partial charge in [-0.05, 0) is 29.4 Å². The van der Waals surface area contributed by atoms with E-state index in [0.29, 0.717) is 12.1 Å². The zero-order valence-corrected chi connectivity index (χ0v) is 10.1. The van der Waals surface area contributed by atoms with Gasteiger partial charge in [0.1, 0.15) is 5.70 Å². The minimum Gasteiger partial charge on any atom is -0.368 e. The lowest BCUT2D eigenvalue weighted by molar-refractivity contribution is -0.428. The summed E-state index contributed by atoms with van der Waals surface area (Å²) in [6, 6.07) is 3.72. The number of hydrogen-bond donors (Lipinski definition) is 1. The number of allylic oxidation sites excluding steroid dienone is 1. The van der Waals surface area contributed by atoms with Gasteiger partial charge in [-0.25, -0.2) is 0 Å². The van der Waals surface area contributed by atoms with Crippen molar-refractivity contribution in [3.63, 3.8) is 0 Å². The van der Waals surface area contributed by atoms with Gasteiger partial charge in [-0.3, -0.25) is 10.7 Å². The molecule has 1 fully saturated rings. The SMILES string of the molecule is NC(=C(Cc1cccnc1)N1CCCC1)[N+](=O)[O-]. The topological polar surface area (TPSA) is 85.3 Å². The van der Waals surface area contributed by atoms with Crippen molar-refractivity contribution in [1.82, 2.24) is 9.88 Å². The highest BCUT2D eigenvalue weighted by Crippen LogP contribution is 2.20. The molecule has 0 aliphatic carbocycles. The lowest BCUT2D eigenvalue weighted by atomic mass is 10.1. The Labute approximate surface area is 105 Å². The van der Waals surface area contributed by atoms with Crippen LogP contribution in [0.2, 0.25) is 0 Å². The first-order chi connectivity index (χ1) is 8.68. The van der Waals surface area contributed by atoms with Crippen LogP contribution in [0, 0.1) is 10.1 Å². The Morgan fingerprint density at radius 1 is 1.50 bits per heavy atom. The molecule has 1 saturated heterocycles. The van der Waals surface area contributed by atoms with Crippen molar-refractivity contribution < 1.29 is 4.92 Å². The average molecular weight is 248 g/mol. The second-order valence-corrected chi connectivity index (χ2v) is 4.32. The zero-order chi connectivity index (χ0) is 13.0. The lowest BCUT2D eigenvalue weighted by Gasteiger charge is -2.20. The Morgan fingerprint density at radius 3 is 2.78 bits per heavy atom. The van der Waals surface area contributed by atoms with E-state index in [2.05, 4.69) is 4.98 Å². The van der Waals surface area contributed by atoms with Crippen LogP contribution in [0.3, 0.4) is 0 Å². The van der Waals surface area contributed by atoms with Gasteiger partial charge >= 0.3 is 5.82 Å². The second kappa shape index (κ2) is 5.48. The summed E-state index contributed by atoms with van der Waals surface area (Å²) in [5.41, 5.74) is 7.14. The highest BCUT2D eigenvalue weighted by atomic mass is 16.6. The Bertz CT molecular complexity index is 452. The maximum absolute atomic E-state index is 10.9. The molecule has 1 aliphatic heterocycles. The fraction of sp³-hybridized carbons (Fsp3) is 0.417. The van der Waals surface area contributed by atoms with E-state index >= 15 is 0 Å². The Morgan fingerprint density at radius 2 is 2.22 bits per heavy atom. The molecule has 96 valence electrons. The summed E-state index contributed by atoms with van der Waals surface area (Å²) in [6.07, 6.45) is 5.96. The molecule has 0 saturated carbocycles. The molecule has 0 bridgehead atoms. The van der Waals surface area contributed by atoms with Gasteiger partial charge in [-0.15, -0.1) is 0 Å². The molecule has 2 rings (SSSR count). The summed E-state index contributed by atoms with van der Waals surface area (Å²) in [6.45, 7) is 1.67. The second-order valence-electron chi connectivity index (χ2n) is 4.32. The summed E-state index contributed by atoms with van der Waals surface area (Å²) in [5.74, 6) is -0.249. The summed E-state index contributed by atoms with van der Waals surface area (Å²) >= 11 is 0. The third-order valence-corrected chi connectivity index (χ3v) is 3.07. The van der Waals surface area contributed by atoms with Crippen molar-refractivity contribution in [2.24, 2.45) is 5.73 Å². The summed E-state index contributed by atoms with van der Waals surface area (Å²) in [7, 11) is 0. The van der Waals surface area contributed by atoms with Gasteiger partial charge in [0.25, 0.3) is 0 Å². The number of aromatic nitrogens is 1. The number of rotatable bonds is 4. The maximum atomic E-state index is 10.9. The van der Waals surface area contributed by atoms with Crippen molar-refractivity contribution >= 4 is 0 Å². The number of pyridine rings is 1. The van der Waals surface area contributed by atoms with Crippen LogP contribution in [0.15, 0.2) is 36.0 Å². The summed E-state index contributed by atoms with van der Waals surface area (Å²) < 4.78 is 0. The maximum Gasteiger partial charge on any atom is 0.333 e. The Balaban J connectivity index is 2.25. The van der Waals surface area contributed by atoms with Crippen LogP contribution in [0.25, 0.3) is 0 Å². The fourth-order valence-electron chi connectivity index (χ4n) is 2.15. The molecule has 0 spiro atoms. The molecule has 1 aromatic heterocycles. The molecule has 0 unspecified atom stereocenters. The van der Waals surface area contributed by atoms with Gasteiger partial charge in [0.2, 0.25) is 0 Å². The van der Waals surface area contributed by atoms with Crippen LogP contribution in [0.4, 0.5) is 0 Å². The van der Waals surface area contributed by atoms with E-state index in [1.807, 2.05) is 17.0 Å². The van der Waals surface area contributed by atoms with Gasteiger partial charge in [-0.1, -0.05) is 6.07 Å². The van der Waals surface area contributed by atoms with Crippen molar-refractivity contribution in [2.75, 3.05) is 13.1 Å². The van der Waals surface area contributed by atoms with Gasteiger partial charge in [0, 0.05) is 31.9 Å². The van der Waals surface area contributed by atoms with E-state index in [0.717, 1.165) is 31.5 Å². The Kier molecular flexibility index (Phi) is 3.76. The van der Waals surface area contributed by atoms with Crippen LogP contribution in [-0.2, 0) is 6.42 Å². The van der Waals surface area contributed by atoms with Crippen LogP contribution >= 0.6 is 0 Å². The minimum atomic E-state index is -0.510. The quantitative estimate of drug-likeness (QED) is 0.637. The average Bonchev–Trinajstić information content (AvgIpc) is 2.90. The molecule has 1 aliphatic rings. The van der Waals surface area contributed by atoms with Crippen molar-refractivity contribution in [1.29, 1.82) is 0 Å². The summed E-state index contributed by atoms with van der Waals surface area (Å²) in [5, 5.41) is 10.9. The van der Waals surface area contributed by atoms with Crippen LogP contribution < -0.4 is 5.73 Å². The summed E-state index contributed by atoms with van der Waals surface area (Å²) in [4.78, 5) is 16.4. The molecular weight excluding hydrogens is 232 g/mol. The minimum absolute atomic E-state index is 0.249. The van der Waals surface area contributed by atoms with E-state index in [1.165, 1.54) is 0 Å². The van der Waals surface area contributed by atoms with E-state index < -0.39 is 4.92 Å². The standard InChI is InChI=1S/C12H16N4O2/c13-12(16(17)18)11(15-6-1-2-7-15)8-10-4-3-5-14-9-10/h3-5,9H,1-2,6-8,13H2. The van der Waals surface area contributed by atoms with Gasteiger partial charge < -0.3 is 15.0 Å². The van der Waals surface area contributed by atoms with E-state index in [-0.39, 0.29) is 5.82 Å². The Hall–Kier alpha value is -2.11. The number of nitrogens with two attached hydrogens (primary N) is 1. The largest absolute Gasteiger partial charge is 0.368 e. The van der Waals surface area contributed by atoms with Crippen molar-refractivity contribution in [2.45, 2.75) is 19.3 Å². The molecule has 6 heteroatoms. The lowest BCUT2D eigenvalue weighted by Crippen LogP contribution is -2.27. The van der Waals surface area contributed by atoms with Gasteiger partial charge in [-0.2, -0.15) is 0 Å². The predicted molar refractivity (Wildman–Crippen MR) is 67.0 cm³/mol. The predicted octanol–water partition coefficient (Wildman–Crippen LogP) is 1.12. The first-order valence-electron chi connectivity index (χ1n) is 5.95. The number of nitrogens with zero attached hydrogens (tertiary/aromatic N) is 3. The highest BCUT2D eigenvalue weighted by molar-refractivity contribution is 5.19. The monoisotopic (exact) mass is 248 g/mol. The van der Waals surface area contributed by atoms with Crippen LogP contribution in [-0.4, -0.2) is 27.9 Å². The molecule has 0 amide bonds. The van der Waals surface area contributed by atoms with E-state index in [1.54, 1.807) is 12.4 Å². The first-order valence-corrected chi connectivity index (χ1v) is 5.95. The number of nitro groups is 1. The molecule has 2 N–H and O–H groups in total. The molecule has 0 aromatic carbocycles. The van der Waals surface area contributed by atoms with Gasteiger partial charge in [0.05, 0.1) is 0 Å². The zero-order valence-electron chi connectivity index (χ0n) is 10.1. The van der Waals surface area contributed by atoms with Crippen LogP contribution in [0.1, 0.15) is 18.4 Å². The first kappa shape index (κ1) is 12.3. The number of hydrogen-bond acceptors (Lipinski definition) is 5.